The van der Waals surface area contributed by atoms with Crippen molar-refractivity contribution in [3.05, 3.63) is 70.9 Å². The first-order valence-corrected chi connectivity index (χ1v) is 9.73. The Kier molecular flexibility index (Phi) is 5.57. The number of carbonyl (C=O) groups excluding carboxylic acids is 1. The third-order valence-electron chi connectivity index (χ3n) is 5.49. The van der Waals surface area contributed by atoms with Crippen LogP contribution in [-0.4, -0.2) is 55.2 Å². The molecule has 1 aromatic heterocycles. The Morgan fingerprint density at radius 3 is 2.30 bits per heavy atom. The largest absolute Gasteiger partial charge is 0.497 e. The number of hydrogen-bond donors (Lipinski definition) is 1. The number of H-pyrrole nitrogens is 1. The van der Waals surface area contributed by atoms with Crippen LogP contribution in [0.15, 0.2) is 48.5 Å². The first kappa shape index (κ1) is 20.1. The molecule has 156 valence electrons. The number of hydrogen-bond acceptors (Lipinski definition) is 5. The van der Waals surface area contributed by atoms with Crippen LogP contribution in [0.2, 0.25) is 0 Å². The maximum atomic E-state index is 13.3. The van der Waals surface area contributed by atoms with Crippen LogP contribution in [0.5, 0.6) is 5.75 Å². The molecule has 1 unspecified atom stereocenters. The van der Waals surface area contributed by atoms with E-state index in [1.807, 2.05) is 55.5 Å². The van der Waals surface area contributed by atoms with Crippen LogP contribution >= 0.6 is 0 Å². The molecule has 0 fully saturated rings. The summed E-state index contributed by atoms with van der Waals surface area (Å²) in [5.74, 6) is 0.628. The molecule has 1 aliphatic heterocycles. The van der Waals surface area contributed by atoms with Gasteiger partial charge in [0.15, 0.2) is 6.29 Å². The van der Waals surface area contributed by atoms with E-state index < -0.39 is 6.29 Å². The maximum absolute atomic E-state index is 13.3. The molecule has 1 amide bonds. The monoisotopic (exact) mass is 407 g/mol. The Labute approximate surface area is 175 Å². The summed E-state index contributed by atoms with van der Waals surface area (Å²) in [4.78, 5) is 15.1. The van der Waals surface area contributed by atoms with Crippen molar-refractivity contribution >= 4 is 5.91 Å². The number of methoxy groups -OCH3 is 3. The summed E-state index contributed by atoms with van der Waals surface area (Å²) in [5.41, 5.74) is 5.22. The number of fused-ring (bicyclic) bond motifs is 1. The molecule has 2 aromatic carbocycles. The number of aromatic amines is 1. The summed E-state index contributed by atoms with van der Waals surface area (Å²) >= 11 is 0. The topological polar surface area (TPSA) is 76.7 Å². The molecular formula is C23H25N3O4. The second-order valence-corrected chi connectivity index (χ2v) is 7.26. The standard InChI is InChI=1S/C23H25N3O4/c1-14-5-7-15(8-6-14)20-19-21(25-24-20)23(27)26(13-18(29-3)30-4)22(19)16-9-11-17(28-2)12-10-16/h5-12,18,22H,13H2,1-4H3,(H,24,25). The third-order valence-corrected chi connectivity index (χ3v) is 5.49. The highest BCUT2D eigenvalue weighted by Gasteiger charge is 2.43. The van der Waals surface area contributed by atoms with Gasteiger partial charge in [-0.2, -0.15) is 5.10 Å². The molecule has 1 N–H and O–H groups in total. The Morgan fingerprint density at radius 2 is 1.70 bits per heavy atom. The molecule has 2 heterocycles. The molecule has 4 rings (SSSR count). The van der Waals surface area contributed by atoms with Gasteiger partial charge < -0.3 is 19.1 Å². The van der Waals surface area contributed by atoms with Crippen LogP contribution in [0.4, 0.5) is 0 Å². The highest BCUT2D eigenvalue weighted by molar-refractivity contribution is 6.00. The molecule has 0 spiro atoms. The molecule has 0 radical (unpaired) electrons. The molecule has 1 atom stereocenters. The van der Waals surface area contributed by atoms with Crippen molar-refractivity contribution in [2.24, 2.45) is 0 Å². The number of nitrogens with zero attached hydrogens (tertiary/aromatic N) is 2. The van der Waals surface area contributed by atoms with Gasteiger partial charge in [-0.15, -0.1) is 0 Å². The molecule has 30 heavy (non-hydrogen) atoms. The Bertz CT molecular complexity index is 1020. The Hall–Kier alpha value is -3.16. The van der Waals surface area contributed by atoms with Crippen LogP contribution in [0.1, 0.15) is 33.2 Å². The van der Waals surface area contributed by atoms with E-state index in [1.54, 1.807) is 26.2 Å². The molecule has 1 aliphatic rings. The van der Waals surface area contributed by atoms with Gasteiger partial charge in [-0.1, -0.05) is 42.0 Å². The fourth-order valence-electron chi connectivity index (χ4n) is 3.86. The van der Waals surface area contributed by atoms with Gasteiger partial charge in [0.1, 0.15) is 11.4 Å². The van der Waals surface area contributed by atoms with E-state index >= 15 is 0 Å². The minimum absolute atomic E-state index is 0.129. The van der Waals surface area contributed by atoms with Gasteiger partial charge in [0.2, 0.25) is 0 Å². The van der Waals surface area contributed by atoms with Crippen LogP contribution < -0.4 is 4.74 Å². The van der Waals surface area contributed by atoms with Gasteiger partial charge in [0, 0.05) is 25.3 Å². The number of amides is 1. The number of aromatic nitrogens is 2. The zero-order valence-corrected chi connectivity index (χ0v) is 17.5. The second kappa shape index (κ2) is 8.30. The van der Waals surface area contributed by atoms with E-state index in [-0.39, 0.29) is 11.9 Å². The zero-order valence-electron chi connectivity index (χ0n) is 17.5. The van der Waals surface area contributed by atoms with Crippen molar-refractivity contribution in [1.29, 1.82) is 0 Å². The number of nitrogens with one attached hydrogen (secondary N) is 1. The van der Waals surface area contributed by atoms with Crippen molar-refractivity contribution < 1.29 is 19.0 Å². The molecule has 3 aromatic rings. The summed E-state index contributed by atoms with van der Waals surface area (Å²) < 4.78 is 16.0. The minimum atomic E-state index is -0.533. The van der Waals surface area contributed by atoms with Gasteiger partial charge >= 0.3 is 0 Å². The number of aryl methyl sites for hydroxylation is 1. The maximum Gasteiger partial charge on any atom is 0.273 e. The van der Waals surface area contributed by atoms with Gasteiger partial charge in [-0.25, -0.2) is 0 Å². The van der Waals surface area contributed by atoms with E-state index in [0.29, 0.717) is 12.2 Å². The molecular weight excluding hydrogens is 382 g/mol. The van der Waals surface area contributed by atoms with Gasteiger partial charge in [0.25, 0.3) is 5.91 Å². The summed E-state index contributed by atoms with van der Waals surface area (Å²) in [6.07, 6.45) is -0.533. The summed E-state index contributed by atoms with van der Waals surface area (Å²) in [7, 11) is 4.76. The summed E-state index contributed by atoms with van der Waals surface area (Å²) in [6, 6.07) is 15.5. The van der Waals surface area contributed by atoms with Gasteiger partial charge in [0.05, 0.1) is 25.4 Å². The van der Waals surface area contributed by atoms with E-state index in [4.69, 9.17) is 14.2 Å². The molecule has 7 nitrogen and oxygen atoms in total. The number of benzene rings is 2. The average Bonchev–Trinajstić information content (AvgIpc) is 3.32. The second-order valence-electron chi connectivity index (χ2n) is 7.26. The van der Waals surface area contributed by atoms with E-state index in [1.165, 1.54) is 5.56 Å². The molecule has 0 bridgehead atoms. The predicted molar refractivity (Wildman–Crippen MR) is 112 cm³/mol. The molecule has 0 saturated carbocycles. The van der Waals surface area contributed by atoms with Crippen molar-refractivity contribution in [2.45, 2.75) is 19.3 Å². The lowest BCUT2D eigenvalue weighted by Crippen LogP contribution is -2.38. The number of ether oxygens (including phenoxy) is 3. The fraction of sp³-hybridized carbons (Fsp3) is 0.304. The van der Waals surface area contributed by atoms with Crippen LogP contribution in [-0.2, 0) is 9.47 Å². The van der Waals surface area contributed by atoms with Crippen molar-refractivity contribution in [2.75, 3.05) is 27.9 Å². The third kappa shape index (κ3) is 3.46. The van der Waals surface area contributed by atoms with Crippen LogP contribution in [0.3, 0.4) is 0 Å². The molecule has 7 heteroatoms. The average molecular weight is 407 g/mol. The summed E-state index contributed by atoms with van der Waals surface area (Å²) in [6.45, 7) is 2.33. The first-order valence-electron chi connectivity index (χ1n) is 9.73. The van der Waals surface area contributed by atoms with Gasteiger partial charge in [-0.05, 0) is 24.6 Å². The quantitative estimate of drug-likeness (QED) is 0.606. The van der Waals surface area contributed by atoms with Crippen molar-refractivity contribution in [1.82, 2.24) is 15.1 Å². The number of carbonyl (C=O) groups is 1. The van der Waals surface area contributed by atoms with E-state index in [9.17, 15) is 4.79 Å². The lowest BCUT2D eigenvalue weighted by molar-refractivity contribution is -0.113. The Morgan fingerprint density at radius 1 is 1.03 bits per heavy atom. The van der Waals surface area contributed by atoms with E-state index in [2.05, 4.69) is 10.2 Å². The van der Waals surface area contributed by atoms with E-state index in [0.717, 1.165) is 28.1 Å². The van der Waals surface area contributed by atoms with Crippen LogP contribution in [0, 0.1) is 6.92 Å². The van der Waals surface area contributed by atoms with Crippen molar-refractivity contribution in [3.63, 3.8) is 0 Å². The SMILES string of the molecule is COc1ccc(C2c3c(-c4ccc(C)cc4)n[nH]c3C(=O)N2CC(OC)OC)cc1. The lowest BCUT2D eigenvalue weighted by atomic mass is 9.95. The number of rotatable bonds is 7. The normalized spacial score (nSPS) is 15.7. The lowest BCUT2D eigenvalue weighted by Gasteiger charge is -2.29. The minimum Gasteiger partial charge on any atom is -0.497 e. The summed E-state index contributed by atoms with van der Waals surface area (Å²) in [5, 5.41) is 7.45. The van der Waals surface area contributed by atoms with Crippen molar-refractivity contribution in [3.8, 4) is 17.0 Å². The van der Waals surface area contributed by atoms with Gasteiger partial charge in [-0.3, -0.25) is 9.89 Å². The highest BCUT2D eigenvalue weighted by Crippen LogP contribution is 2.43. The molecule has 0 saturated heterocycles. The zero-order chi connectivity index (χ0) is 21.3. The predicted octanol–water partition coefficient (Wildman–Crippen LogP) is 3.56. The first-order chi connectivity index (χ1) is 14.6. The molecule has 0 aliphatic carbocycles. The van der Waals surface area contributed by atoms with Crippen LogP contribution in [0.25, 0.3) is 11.3 Å². The Balaban J connectivity index is 1.83. The smallest absolute Gasteiger partial charge is 0.273 e. The highest BCUT2D eigenvalue weighted by atomic mass is 16.7. The fourth-order valence-corrected chi connectivity index (χ4v) is 3.86.